The van der Waals surface area contributed by atoms with E-state index in [9.17, 15) is 0 Å². The molecule has 0 aliphatic carbocycles. The van der Waals surface area contributed by atoms with Crippen molar-refractivity contribution in [2.45, 2.75) is 20.4 Å². The summed E-state index contributed by atoms with van der Waals surface area (Å²) in [5.41, 5.74) is 8.47. The molecule has 0 saturated carbocycles. The third kappa shape index (κ3) is 3.08. The van der Waals surface area contributed by atoms with Gasteiger partial charge in [-0.3, -0.25) is 0 Å². The number of oxime groups is 1. The highest BCUT2D eigenvalue weighted by molar-refractivity contribution is 7.15. The van der Waals surface area contributed by atoms with E-state index in [2.05, 4.69) is 22.0 Å². The van der Waals surface area contributed by atoms with Gasteiger partial charge in [-0.05, 0) is 25.5 Å². The van der Waals surface area contributed by atoms with Crippen LogP contribution in [0.5, 0.6) is 0 Å². The van der Waals surface area contributed by atoms with Crippen LogP contribution in [0.2, 0.25) is 0 Å². The van der Waals surface area contributed by atoms with Crippen molar-refractivity contribution in [3.8, 4) is 0 Å². The van der Waals surface area contributed by atoms with E-state index >= 15 is 0 Å². The van der Waals surface area contributed by atoms with Gasteiger partial charge >= 0.3 is 0 Å². The zero-order valence-electron chi connectivity index (χ0n) is 11.8. The molecular weight excluding hydrogens is 272 g/mol. The fraction of sp³-hybridized carbons (Fsp3) is 0.286. The second kappa shape index (κ2) is 5.92. The van der Waals surface area contributed by atoms with Crippen LogP contribution >= 0.6 is 11.3 Å². The van der Waals surface area contributed by atoms with Crippen LogP contribution in [0.3, 0.4) is 0 Å². The van der Waals surface area contributed by atoms with E-state index in [1.807, 2.05) is 38.2 Å². The minimum absolute atomic E-state index is 0.121. The maximum atomic E-state index is 8.72. The summed E-state index contributed by atoms with van der Waals surface area (Å²) < 4.78 is 0. The average Bonchev–Trinajstić information content (AvgIpc) is 2.78. The highest BCUT2D eigenvalue weighted by Crippen LogP contribution is 2.25. The number of hydrogen-bond donors (Lipinski definition) is 2. The Morgan fingerprint density at radius 2 is 2.20 bits per heavy atom. The number of thiazole rings is 1. The summed E-state index contributed by atoms with van der Waals surface area (Å²) in [5.74, 6) is 0.121. The molecule has 0 atom stereocenters. The molecule has 0 unspecified atom stereocenters. The van der Waals surface area contributed by atoms with Gasteiger partial charge in [-0.15, -0.1) is 11.3 Å². The lowest BCUT2D eigenvalue weighted by Gasteiger charge is -2.16. The van der Waals surface area contributed by atoms with Gasteiger partial charge in [0.25, 0.3) is 0 Å². The summed E-state index contributed by atoms with van der Waals surface area (Å²) >= 11 is 1.68. The smallest absolute Gasteiger partial charge is 0.185 e. The largest absolute Gasteiger partial charge is 0.409 e. The van der Waals surface area contributed by atoms with Gasteiger partial charge in [0.2, 0.25) is 0 Å². The van der Waals surface area contributed by atoms with Crippen molar-refractivity contribution in [2.24, 2.45) is 10.9 Å². The molecule has 0 spiro atoms. The number of rotatable bonds is 4. The van der Waals surface area contributed by atoms with Gasteiger partial charge in [-0.2, -0.15) is 0 Å². The Balaban J connectivity index is 2.17. The predicted molar refractivity (Wildman–Crippen MR) is 82.6 cm³/mol. The van der Waals surface area contributed by atoms with Crippen molar-refractivity contribution in [1.82, 2.24) is 4.98 Å². The summed E-state index contributed by atoms with van der Waals surface area (Å²) in [7, 11) is 2.01. The van der Waals surface area contributed by atoms with E-state index in [4.69, 9.17) is 10.9 Å². The summed E-state index contributed by atoms with van der Waals surface area (Å²) in [6.45, 7) is 4.81. The van der Waals surface area contributed by atoms with Gasteiger partial charge in [0.05, 0.1) is 5.69 Å². The highest BCUT2D eigenvalue weighted by Gasteiger charge is 2.09. The second-order valence-electron chi connectivity index (χ2n) is 4.68. The highest BCUT2D eigenvalue weighted by atomic mass is 32.1. The predicted octanol–water partition coefficient (Wildman–Crippen LogP) is 2.49. The molecule has 20 heavy (non-hydrogen) atoms. The zero-order valence-corrected chi connectivity index (χ0v) is 12.6. The molecule has 0 saturated heterocycles. The van der Waals surface area contributed by atoms with Crippen molar-refractivity contribution in [3.05, 3.63) is 46.0 Å². The minimum Gasteiger partial charge on any atom is -0.409 e. The Kier molecular flexibility index (Phi) is 4.24. The minimum atomic E-state index is 0.121. The molecule has 0 radical (unpaired) electrons. The summed E-state index contributed by atoms with van der Waals surface area (Å²) in [5, 5.41) is 12.7. The van der Waals surface area contributed by atoms with Gasteiger partial charge in [-0.1, -0.05) is 23.4 Å². The number of nitrogens with two attached hydrogens (primary N) is 1. The first-order valence-corrected chi connectivity index (χ1v) is 7.05. The number of hydrogen-bond acceptors (Lipinski definition) is 5. The van der Waals surface area contributed by atoms with Gasteiger partial charge < -0.3 is 15.8 Å². The van der Waals surface area contributed by atoms with Crippen LogP contribution in [-0.2, 0) is 6.54 Å². The lowest BCUT2D eigenvalue weighted by molar-refractivity contribution is 0.318. The quantitative estimate of drug-likeness (QED) is 0.392. The number of anilines is 1. The van der Waals surface area contributed by atoms with Crippen LogP contribution in [0.4, 0.5) is 5.13 Å². The molecule has 2 rings (SSSR count). The van der Waals surface area contributed by atoms with Gasteiger partial charge in [-0.25, -0.2) is 4.98 Å². The van der Waals surface area contributed by atoms with E-state index in [-0.39, 0.29) is 5.84 Å². The van der Waals surface area contributed by atoms with Crippen LogP contribution in [0, 0.1) is 13.8 Å². The fourth-order valence-electron chi connectivity index (χ4n) is 1.85. The zero-order chi connectivity index (χ0) is 14.7. The molecule has 6 heteroatoms. The number of aryl methyl sites for hydroxylation is 2. The Morgan fingerprint density at radius 1 is 1.45 bits per heavy atom. The molecule has 0 aliphatic rings. The maximum absolute atomic E-state index is 8.72. The van der Waals surface area contributed by atoms with E-state index < -0.39 is 0 Å². The van der Waals surface area contributed by atoms with Crippen LogP contribution < -0.4 is 10.6 Å². The first-order chi connectivity index (χ1) is 9.51. The molecular formula is C14H18N4OS. The van der Waals surface area contributed by atoms with E-state index in [0.29, 0.717) is 5.56 Å². The topological polar surface area (TPSA) is 74.7 Å². The number of amidine groups is 1. The van der Waals surface area contributed by atoms with Gasteiger partial charge in [0.15, 0.2) is 11.0 Å². The molecule has 2 aromatic rings. The summed E-state index contributed by atoms with van der Waals surface area (Å²) in [6.07, 6.45) is 0. The van der Waals surface area contributed by atoms with Crippen molar-refractivity contribution in [2.75, 3.05) is 11.9 Å². The molecule has 106 valence electrons. The van der Waals surface area contributed by atoms with Crippen molar-refractivity contribution < 1.29 is 5.21 Å². The van der Waals surface area contributed by atoms with Crippen LogP contribution in [0.1, 0.15) is 21.7 Å². The Hall–Kier alpha value is -2.08. The van der Waals surface area contributed by atoms with Crippen molar-refractivity contribution >= 4 is 22.3 Å². The Labute approximate surface area is 122 Å². The molecule has 1 aromatic heterocycles. The number of aromatic nitrogens is 1. The maximum Gasteiger partial charge on any atom is 0.185 e. The third-order valence-corrected chi connectivity index (χ3v) is 4.28. The first kappa shape index (κ1) is 14.3. The molecule has 0 fully saturated rings. The SMILES string of the molecule is Cc1nc(N(C)Cc2cccc(C(N)=NO)c2)sc1C. The lowest BCUT2D eigenvalue weighted by atomic mass is 10.1. The Morgan fingerprint density at radius 3 is 2.80 bits per heavy atom. The molecule has 0 amide bonds. The number of benzene rings is 1. The third-order valence-electron chi connectivity index (χ3n) is 3.09. The van der Waals surface area contributed by atoms with E-state index in [1.54, 1.807) is 11.3 Å². The summed E-state index contributed by atoms with van der Waals surface area (Å²) in [6, 6.07) is 7.64. The van der Waals surface area contributed by atoms with Crippen LogP contribution in [-0.4, -0.2) is 23.1 Å². The van der Waals surface area contributed by atoms with Gasteiger partial charge in [0.1, 0.15) is 0 Å². The molecule has 0 aliphatic heterocycles. The fourth-order valence-corrected chi connectivity index (χ4v) is 2.72. The van der Waals surface area contributed by atoms with Crippen LogP contribution in [0.15, 0.2) is 29.4 Å². The first-order valence-electron chi connectivity index (χ1n) is 6.23. The van der Waals surface area contributed by atoms with Crippen LogP contribution in [0.25, 0.3) is 0 Å². The normalized spacial score (nSPS) is 11.7. The van der Waals surface area contributed by atoms with E-state index in [1.165, 1.54) is 4.88 Å². The average molecular weight is 290 g/mol. The molecule has 1 aromatic carbocycles. The van der Waals surface area contributed by atoms with Crippen molar-refractivity contribution in [3.63, 3.8) is 0 Å². The molecule has 5 nitrogen and oxygen atoms in total. The van der Waals surface area contributed by atoms with Gasteiger partial charge in [0, 0.05) is 24.0 Å². The molecule has 1 heterocycles. The standard InChI is InChI=1S/C14H18N4OS/c1-9-10(2)20-14(16-9)18(3)8-11-5-4-6-12(7-11)13(15)17-19/h4-7,19H,8H2,1-3H3,(H2,15,17). The second-order valence-corrected chi connectivity index (χ2v) is 5.86. The van der Waals surface area contributed by atoms with E-state index in [0.717, 1.165) is 22.9 Å². The lowest BCUT2D eigenvalue weighted by Crippen LogP contribution is -2.17. The molecule has 3 N–H and O–H groups in total. The number of nitrogens with zero attached hydrogens (tertiary/aromatic N) is 3. The Bertz CT molecular complexity index is 616. The summed E-state index contributed by atoms with van der Waals surface area (Å²) in [4.78, 5) is 7.86. The monoisotopic (exact) mass is 290 g/mol. The molecule has 0 bridgehead atoms. The van der Waals surface area contributed by atoms with Crippen molar-refractivity contribution in [1.29, 1.82) is 0 Å².